The zero-order valence-corrected chi connectivity index (χ0v) is 10.1. The molecule has 0 N–H and O–H groups in total. The molecule has 1 aliphatic heterocycles. The maximum atomic E-state index is 6.33. The Hall–Kier alpha value is -1.73. The molecule has 2 aromatic carbocycles. The monoisotopic (exact) mass is 241 g/mol. The fourth-order valence-electron chi connectivity index (χ4n) is 2.09. The molecule has 3 rings (SSSR count). The van der Waals surface area contributed by atoms with Crippen LogP contribution in [0.1, 0.15) is 11.1 Å². The van der Waals surface area contributed by atoms with Gasteiger partial charge < -0.3 is 4.90 Å². The normalized spacial score (nSPS) is 14.2. The number of hydrogen-bond donors (Lipinski definition) is 0. The number of fused-ring (bicyclic) bond motifs is 1. The Morgan fingerprint density at radius 3 is 2.41 bits per heavy atom. The molecule has 0 radical (unpaired) electrons. The van der Waals surface area contributed by atoms with E-state index in [2.05, 4.69) is 35.2 Å². The lowest BCUT2D eigenvalue weighted by Gasteiger charge is -2.28. The van der Waals surface area contributed by atoms with Gasteiger partial charge in [-0.05, 0) is 29.3 Å². The van der Waals surface area contributed by atoms with Crippen molar-refractivity contribution in [2.75, 3.05) is 4.90 Å². The summed E-state index contributed by atoms with van der Waals surface area (Å²) in [4.78, 5) is 2.11. The van der Waals surface area contributed by atoms with E-state index < -0.39 is 0 Å². The van der Waals surface area contributed by atoms with Gasteiger partial charge in [0.25, 0.3) is 0 Å². The topological polar surface area (TPSA) is 3.24 Å². The number of nitrogens with zero attached hydrogens (tertiary/aromatic N) is 1. The molecule has 0 saturated carbocycles. The first-order valence-electron chi connectivity index (χ1n) is 5.62. The summed E-state index contributed by atoms with van der Waals surface area (Å²) in [5.74, 6) is 0. The molecular weight excluding hydrogens is 230 g/mol. The van der Waals surface area contributed by atoms with Gasteiger partial charge in [-0.25, -0.2) is 0 Å². The van der Waals surface area contributed by atoms with Crippen LogP contribution in [0, 0.1) is 0 Å². The van der Waals surface area contributed by atoms with Crippen LogP contribution in [0.2, 0.25) is 0 Å². The van der Waals surface area contributed by atoms with E-state index in [-0.39, 0.29) is 0 Å². The number of anilines is 1. The number of rotatable bonds is 1. The Balaban J connectivity index is 2.02. The predicted octanol–water partition coefficient (Wildman–Crippen LogP) is 4.24. The minimum absolute atomic E-state index is 0.773. The van der Waals surface area contributed by atoms with Crippen LogP contribution in [0.5, 0.6) is 0 Å². The summed E-state index contributed by atoms with van der Waals surface area (Å²) in [6.07, 6.45) is 2.02. The minimum atomic E-state index is 0.773. The molecule has 0 unspecified atom stereocenters. The van der Waals surface area contributed by atoms with Crippen LogP contribution in [0.15, 0.2) is 59.8 Å². The fraction of sp³-hybridized carbons (Fsp3) is 0.0667. The van der Waals surface area contributed by atoms with Crippen molar-refractivity contribution >= 4 is 23.4 Å². The highest BCUT2D eigenvalue weighted by Crippen LogP contribution is 2.31. The van der Waals surface area contributed by atoms with E-state index in [0.717, 1.165) is 17.4 Å². The van der Waals surface area contributed by atoms with Gasteiger partial charge in [0.2, 0.25) is 0 Å². The molecule has 0 saturated heterocycles. The summed E-state index contributed by atoms with van der Waals surface area (Å²) in [6.45, 7) is 0.829. The molecule has 2 heteroatoms. The highest BCUT2D eigenvalue weighted by atomic mass is 35.5. The maximum Gasteiger partial charge on any atom is 0.110 e. The molecule has 17 heavy (non-hydrogen) atoms. The van der Waals surface area contributed by atoms with Crippen LogP contribution in [0.25, 0.3) is 6.08 Å². The third-order valence-corrected chi connectivity index (χ3v) is 3.30. The second-order valence-corrected chi connectivity index (χ2v) is 4.47. The van der Waals surface area contributed by atoms with E-state index in [9.17, 15) is 0 Å². The molecule has 84 valence electrons. The molecule has 0 bridgehead atoms. The van der Waals surface area contributed by atoms with Crippen LogP contribution < -0.4 is 4.90 Å². The Morgan fingerprint density at radius 1 is 0.882 bits per heavy atom. The van der Waals surface area contributed by atoms with Gasteiger partial charge in [-0.15, -0.1) is 0 Å². The van der Waals surface area contributed by atoms with Crippen molar-refractivity contribution < 1.29 is 0 Å². The molecule has 0 aliphatic carbocycles. The van der Waals surface area contributed by atoms with Gasteiger partial charge in [-0.3, -0.25) is 0 Å². The molecule has 1 aliphatic rings. The largest absolute Gasteiger partial charge is 0.328 e. The Labute approximate surface area is 106 Å². The number of hydrogen-bond acceptors (Lipinski definition) is 1. The second-order valence-electron chi connectivity index (χ2n) is 4.09. The van der Waals surface area contributed by atoms with E-state index in [1.807, 2.05) is 30.3 Å². The van der Waals surface area contributed by atoms with E-state index >= 15 is 0 Å². The molecule has 1 heterocycles. The van der Waals surface area contributed by atoms with Crippen LogP contribution in [-0.2, 0) is 6.54 Å². The molecule has 0 atom stereocenters. The Kier molecular flexibility index (Phi) is 2.62. The van der Waals surface area contributed by atoms with E-state index in [1.165, 1.54) is 11.1 Å². The summed E-state index contributed by atoms with van der Waals surface area (Å²) in [5, 5.41) is 0.773. The smallest absolute Gasteiger partial charge is 0.110 e. The fourth-order valence-corrected chi connectivity index (χ4v) is 2.37. The van der Waals surface area contributed by atoms with E-state index in [4.69, 9.17) is 11.6 Å². The number of halogens is 1. The lowest BCUT2D eigenvalue weighted by atomic mass is 10.0. The average Bonchev–Trinajstić information content (AvgIpc) is 2.39. The second kappa shape index (κ2) is 4.27. The third-order valence-electron chi connectivity index (χ3n) is 2.98. The number of benzene rings is 2. The van der Waals surface area contributed by atoms with Crippen LogP contribution in [-0.4, -0.2) is 0 Å². The first-order valence-corrected chi connectivity index (χ1v) is 6.00. The van der Waals surface area contributed by atoms with Gasteiger partial charge in [0.1, 0.15) is 5.16 Å². The summed E-state index contributed by atoms with van der Waals surface area (Å²) >= 11 is 6.33. The third kappa shape index (κ3) is 1.94. The van der Waals surface area contributed by atoms with Gasteiger partial charge in [0.05, 0.1) is 0 Å². The van der Waals surface area contributed by atoms with E-state index in [0.29, 0.717) is 0 Å². The summed E-state index contributed by atoms with van der Waals surface area (Å²) < 4.78 is 0. The summed E-state index contributed by atoms with van der Waals surface area (Å²) in [5.41, 5.74) is 3.65. The van der Waals surface area contributed by atoms with Crippen LogP contribution in [0.4, 0.5) is 5.69 Å². The van der Waals surface area contributed by atoms with Crippen molar-refractivity contribution in [1.29, 1.82) is 0 Å². The molecule has 0 fully saturated rings. The molecule has 2 aromatic rings. The molecule has 1 nitrogen and oxygen atoms in total. The highest BCUT2D eigenvalue weighted by molar-refractivity contribution is 6.33. The highest BCUT2D eigenvalue weighted by Gasteiger charge is 2.17. The zero-order valence-electron chi connectivity index (χ0n) is 9.31. The van der Waals surface area contributed by atoms with Crippen molar-refractivity contribution in [3.8, 4) is 0 Å². The lowest BCUT2D eigenvalue weighted by Crippen LogP contribution is -2.22. The van der Waals surface area contributed by atoms with Gasteiger partial charge in [0.15, 0.2) is 0 Å². The van der Waals surface area contributed by atoms with Crippen molar-refractivity contribution in [2.24, 2.45) is 0 Å². The first-order chi connectivity index (χ1) is 8.34. The minimum Gasteiger partial charge on any atom is -0.328 e. The van der Waals surface area contributed by atoms with Gasteiger partial charge in [0, 0.05) is 12.2 Å². The van der Waals surface area contributed by atoms with Crippen molar-refractivity contribution in [2.45, 2.75) is 6.54 Å². The molecular formula is C15H12ClN. The van der Waals surface area contributed by atoms with Crippen molar-refractivity contribution in [1.82, 2.24) is 0 Å². The summed E-state index contributed by atoms with van der Waals surface area (Å²) in [7, 11) is 0. The molecule has 0 aromatic heterocycles. The Bertz CT molecular complexity index is 560. The van der Waals surface area contributed by atoms with E-state index in [1.54, 1.807) is 0 Å². The lowest BCUT2D eigenvalue weighted by molar-refractivity contribution is 0.940. The zero-order chi connectivity index (χ0) is 11.7. The SMILES string of the molecule is ClC1=Cc2ccccc2CN1c1ccccc1. The van der Waals surface area contributed by atoms with Crippen molar-refractivity contribution in [3.05, 3.63) is 70.9 Å². The quantitative estimate of drug-likeness (QED) is 0.675. The first kappa shape index (κ1) is 10.4. The summed E-state index contributed by atoms with van der Waals surface area (Å²) in [6, 6.07) is 18.6. The average molecular weight is 242 g/mol. The van der Waals surface area contributed by atoms with Crippen molar-refractivity contribution in [3.63, 3.8) is 0 Å². The molecule has 0 spiro atoms. The standard InChI is InChI=1S/C15H12ClN/c16-15-10-12-6-4-5-7-13(12)11-17(15)14-8-2-1-3-9-14/h1-10H,11H2. The van der Waals surface area contributed by atoms with Gasteiger partial charge in [-0.2, -0.15) is 0 Å². The van der Waals surface area contributed by atoms with Gasteiger partial charge >= 0.3 is 0 Å². The Morgan fingerprint density at radius 2 is 1.59 bits per heavy atom. The maximum absolute atomic E-state index is 6.33. The van der Waals surface area contributed by atoms with Crippen LogP contribution >= 0.6 is 11.6 Å². The van der Waals surface area contributed by atoms with Crippen LogP contribution in [0.3, 0.4) is 0 Å². The van der Waals surface area contributed by atoms with Gasteiger partial charge in [-0.1, -0.05) is 54.1 Å². The molecule has 0 amide bonds. The predicted molar refractivity (Wildman–Crippen MR) is 72.9 cm³/mol. The number of para-hydroxylation sites is 1.